The standard InChI is InChI=1S/C5H8O2.ClH.Na/c6-4-2-1-3-5-7;;/h4-5H,1-3H2;1H;/q;;+1/p-1. The van der Waals surface area contributed by atoms with Gasteiger partial charge in [0.2, 0.25) is 0 Å². The monoisotopic (exact) mass is 158 g/mol. The number of rotatable bonds is 4. The minimum absolute atomic E-state index is 0. The number of hydrogen-bond donors (Lipinski definition) is 0. The van der Waals surface area contributed by atoms with Gasteiger partial charge in [-0.1, -0.05) is 0 Å². The smallest absolute Gasteiger partial charge is 1.00 e. The number of aldehydes is 2. The van der Waals surface area contributed by atoms with Crippen molar-refractivity contribution in [2.75, 3.05) is 0 Å². The van der Waals surface area contributed by atoms with E-state index in [-0.39, 0.29) is 42.0 Å². The maximum absolute atomic E-state index is 9.56. The fourth-order valence-electron chi connectivity index (χ4n) is 0.285. The summed E-state index contributed by atoms with van der Waals surface area (Å²) in [6, 6.07) is 0. The molecule has 0 aromatic heterocycles. The maximum atomic E-state index is 9.56. The van der Waals surface area contributed by atoms with Gasteiger partial charge in [0.1, 0.15) is 12.6 Å². The van der Waals surface area contributed by atoms with Crippen LogP contribution in [0.4, 0.5) is 0 Å². The van der Waals surface area contributed by atoms with Crippen molar-refractivity contribution in [2.24, 2.45) is 0 Å². The van der Waals surface area contributed by atoms with Crippen LogP contribution in [0.25, 0.3) is 0 Å². The Kier molecular flexibility index (Phi) is 28.7. The molecule has 0 spiro atoms. The first-order valence-corrected chi connectivity index (χ1v) is 2.29. The fourth-order valence-corrected chi connectivity index (χ4v) is 0.285. The molecule has 0 fully saturated rings. The van der Waals surface area contributed by atoms with E-state index in [9.17, 15) is 9.59 Å². The summed E-state index contributed by atoms with van der Waals surface area (Å²) >= 11 is 0. The van der Waals surface area contributed by atoms with Gasteiger partial charge in [0.05, 0.1) is 0 Å². The first-order valence-electron chi connectivity index (χ1n) is 2.29. The molecule has 0 N–H and O–H groups in total. The van der Waals surface area contributed by atoms with Crippen molar-refractivity contribution in [1.82, 2.24) is 0 Å². The molecule has 0 bridgehead atoms. The van der Waals surface area contributed by atoms with E-state index in [0.717, 1.165) is 12.6 Å². The summed E-state index contributed by atoms with van der Waals surface area (Å²) in [5.41, 5.74) is 0. The Morgan fingerprint density at radius 2 is 1.33 bits per heavy atom. The van der Waals surface area contributed by atoms with Gasteiger partial charge in [0.15, 0.2) is 0 Å². The largest absolute Gasteiger partial charge is 1.00 e. The zero-order valence-electron chi connectivity index (χ0n) is 5.47. The van der Waals surface area contributed by atoms with Gasteiger partial charge in [-0.2, -0.15) is 0 Å². The van der Waals surface area contributed by atoms with Crippen molar-refractivity contribution in [3.05, 3.63) is 0 Å². The number of carbonyl (C=O) groups is 2. The molecular formula is C5H8ClNaO2. The van der Waals surface area contributed by atoms with E-state index < -0.39 is 0 Å². The van der Waals surface area contributed by atoms with E-state index in [1.54, 1.807) is 0 Å². The molecule has 2 nitrogen and oxygen atoms in total. The molecule has 4 heteroatoms. The summed E-state index contributed by atoms with van der Waals surface area (Å²) in [5.74, 6) is 0. The molecule has 0 unspecified atom stereocenters. The number of unbranched alkanes of at least 4 members (excludes halogenated alkanes) is 2. The van der Waals surface area contributed by atoms with Gasteiger partial charge in [-0.25, -0.2) is 0 Å². The minimum Gasteiger partial charge on any atom is -1.00 e. The molecular weight excluding hydrogens is 150 g/mol. The second kappa shape index (κ2) is 15.9. The van der Waals surface area contributed by atoms with Gasteiger partial charge < -0.3 is 22.0 Å². The van der Waals surface area contributed by atoms with Crippen LogP contribution < -0.4 is 42.0 Å². The normalized spacial score (nSPS) is 6.22. The van der Waals surface area contributed by atoms with Crippen molar-refractivity contribution in [3.63, 3.8) is 0 Å². The molecule has 0 aliphatic carbocycles. The summed E-state index contributed by atoms with van der Waals surface area (Å²) in [7, 11) is 0. The Hall–Kier alpha value is 0.630. The van der Waals surface area contributed by atoms with Gasteiger partial charge in [0.25, 0.3) is 0 Å². The zero-order chi connectivity index (χ0) is 5.54. The van der Waals surface area contributed by atoms with Crippen molar-refractivity contribution in [1.29, 1.82) is 0 Å². The van der Waals surface area contributed by atoms with Gasteiger partial charge in [-0.05, 0) is 6.42 Å². The Morgan fingerprint density at radius 3 is 1.56 bits per heavy atom. The van der Waals surface area contributed by atoms with Crippen molar-refractivity contribution < 1.29 is 51.6 Å². The summed E-state index contributed by atoms with van der Waals surface area (Å²) in [6.07, 6.45) is 3.37. The van der Waals surface area contributed by atoms with Crippen LogP contribution in [0.1, 0.15) is 19.3 Å². The zero-order valence-corrected chi connectivity index (χ0v) is 8.23. The number of halogens is 1. The number of carbonyl (C=O) groups excluding carboxylic acids is 2. The second-order valence-corrected chi connectivity index (χ2v) is 1.26. The van der Waals surface area contributed by atoms with Crippen LogP contribution in [-0.2, 0) is 9.59 Å². The third kappa shape index (κ3) is 17.7. The van der Waals surface area contributed by atoms with Crippen molar-refractivity contribution in [3.8, 4) is 0 Å². The molecule has 0 radical (unpaired) electrons. The van der Waals surface area contributed by atoms with E-state index in [4.69, 9.17) is 0 Å². The van der Waals surface area contributed by atoms with E-state index in [1.165, 1.54) is 0 Å². The molecule has 0 aliphatic rings. The molecule has 0 saturated carbocycles. The summed E-state index contributed by atoms with van der Waals surface area (Å²) in [4.78, 5) is 19.1. The van der Waals surface area contributed by atoms with Crippen LogP contribution in [0.5, 0.6) is 0 Å². The maximum Gasteiger partial charge on any atom is 1.00 e. The van der Waals surface area contributed by atoms with E-state index in [1.807, 2.05) is 0 Å². The first-order chi connectivity index (χ1) is 3.41. The van der Waals surface area contributed by atoms with Gasteiger partial charge >= 0.3 is 29.6 Å². The van der Waals surface area contributed by atoms with E-state index in [2.05, 4.69) is 0 Å². The molecule has 0 amide bonds. The molecule has 0 aliphatic heterocycles. The fraction of sp³-hybridized carbons (Fsp3) is 0.600. The van der Waals surface area contributed by atoms with Crippen molar-refractivity contribution in [2.45, 2.75) is 19.3 Å². The van der Waals surface area contributed by atoms with Crippen LogP contribution >= 0.6 is 0 Å². The molecule has 0 rings (SSSR count). The third-order valence-corrected chi connectivity index (χ3v) is 0.644. The summed E-state index contributed by atoms with van der Waals surface area (Å²) < 4.78 is 0. The van der Waals surface area contributed by atoms with Crippen LogP contribution in [0, 0.1) is 0 Å². The Bertz CT molecular complexity index is 60.0. The van der Waals surface area contributed by atoms with Crippen molar-refractivity contribution >= 4 is 12.6 Å². The van der Waals surface area contributed by atoms with E-state index >= 15 is 0 Å². The predicted octanol–water partition coefficient (Wildman–Crippen LogP) is -5.44. The van der Waals surface area contributed by atoms with Crippen LogP contribution in [-0.4, -0.2) is 12.6 Å². The van der Waals surface area contributed by atoms with Gasteiger partial charge in [-0.15, -0.1) is 0 Å². The first kappa shape index (κ1) is 16.3. The average Bonchev–Trinajstić information content (AvgIpc) is 1.69. The Balaban J connectivity index is -0.000000180. The molecule has 0 aromatic carbocycles. The predicted molar refractivity (Wildman–Crippen MR) is 26.0 cm³/mol. The Labute approximate surface area is 83.1 Å². The average molecular weight is 159 g/mol. The second-order valence-electron chi connectivity index (χ2n) is 1.26. The quantitative estimate of drug-likeness (QED) is 0.233. The van der Waals surface area contributed by atoms with Gasteiger partial charge in [0, 0.05) is 12.8 Å². The topological polar surface area (TPSA) is 34.1 Å². The number of hydrogen-bond acceptors (Lipinski definition) is 2. The van der Waals surface area contributed by atoms with Crippen LogP contribution in [0.15, 0.2) is 0 Å². The third-order valence-electron chi connectivity index (χ3n) is 0.644. The molecule has 0 heterocycles. The van der Waals surface area contributed by atoms with Crippen LogP contribution in [0.2, 0.25) is 0 Å². The SMILES string of the molecule is O=CCCCC=O.[Cl-].[Na+]. The molecule has 48 valence electrons. The molecule has 0 atom stereocenters. The Morgan fingerprint density at radius 1 is 1.00 bits per heavy atom. The van der Waals surface area contributed by atoms with Gasteiger partial charge in [-0.3, -0.25) is 0 Å². The summed E-state index contributed by atoms with van der Waals surface area (Å²) in [5, 5.41) is 0. The molecule has 0 aromatic rings. The summed E-state index contributed by atoms with van der Waals surface area (Å²) in [6.45, 7) is 0. The molecule has 0 saturated heterocycles. The minimum atomic E-state index is 0. The van der Waals surface area contributed by atoms with E-state index in [0.29, 0.717) is 19.3 Å². The molecule has 9 heavy (non-hydrogen) atoms. The van der Waals surface area contributed by atoms with Crippen LogP contribution in [0.3, 0.4) is 0 Å².